The molecule has 0 spiro atoms. The molecule has 0 N–H and O–H groups in total. The smallest absolute Gasteiger partial charge is 0.308 e. The van der Waals surface area contributed by atoms with Gasteiger partial charge in [-0.2, -0.15) is 0 Å². The van der Waals surface area contributed by atoms with Crippen LogP contribution in [0.15, 0.2) is 51.9 Å². The Morgan fingerprint density at radius 1 is 0.578 bits per heavy atom. The van der Waals surface area contributed by atoms with Crippen molar-refractivity contribution >= 4 is 58.7 Å². The topological polar surface area (TPSA) is 278 Å². The van der Waals surface area contributed by atoms with Crippen LogP contribution >= 0.6 is 0 Å². The number of carbonyl (C=O) groups excluding carboxylic acids is 8. The van der Waals surface area contributed by atoms with Gasteiger partial charge in [-0.15, -0.1) is 0 Å². The molecule has 3 heterocycles. The molecule has 9 unspecified atom stereocenters. The monoisotopic (exact) mass is 900 g/mol. The SMILES string of the molecule is CC(=O)Oc1ccc(-c2coc3cc(OC4OC(COC5OCC(OC(C)=O)C(OC(C)=O)C5OC(C)=O)C(OC(C)=O)C(OC(C)=O)C4OC(C)=O)cc(OC(C)=O)c3c2=O)cc1. The lowest BCUT2D eigenvalue weighted by Crippen LogP contribution is -2.64. The zero-order valence-corrected chi connectivity index (χ0v) is 35.6. The van der Waals surface area contributed by atoms with Crippen LogP contribution in [0, 0.1) is 0 Å². The van der Waals surface area contributed by atoms with Crippen LogP contribution in [0.3, 0.4) is 0 Å². The third kappa shape index (κ3) is 12.4. The maximum Gasteiger partial charge on any atom is 0.308 e. The Bertz CT molecular complexity index is 2330. The second-order valence-corrected chi connectivity index (χ2v) is 14.2. The fourth-order valence-electron chi connectivity index (χ4n) is 6.82. The number of fused-ring (bicyclic) bond motifs is 1. The molecule has 1 aromatic heterocycles. The highest BCUT2D eigenvalue weighted by atomic mass is 16.8. The number of rotatable bonds is 14. The molecule has 0 amide bonds. The van der Waals surface area contributed by atoms with Crippen LogP contribution in [-0.4, -0.2) is 116 Å². The summed E-state index contributed by atoms with van der Waals surface area (Å²) in [5.41, 5.74) is -0.401. The first kappa shape index (κ1) is 48.1. The average Bonchev–Trinajstić information content (AvgIpc) is 3.17. The summed E-state index contributed by atoms with van der Waals surface area (Å²) in [5.74, 6) is -6.93. The maximum absolute atomic E-state index is 14.0. The number of hydrogen-bond acceptors (Lipinski definition) is 22. The Kier molecular flexibility index (Phi) is 15.8. The molecule has 2 saturated heterocycles. The van der Waals surface area contributed by atoms with Gasteiger partial charge in [0.15, 0.2) is 36.8 Å². The van der Waals surface area contributed by atoms with Crippen molar-refractivity contribution in [1.82, 2.24) is 0 Å². The first-order valence-corrected chi connectivity index (χ1v) is 19.4. The van der Waals surface area contributed by atoms with E-state index >= 15 is 0 Å². The van der Waals surface area contributed by atoms with Gasteiger partial charge in [0.2, 0.25) is 17.8 Å². The lowest BCUT2D eigenvalue weighted by atomic mass is 9.98. The van der Waals surface area contributed by atoms with Crippen molar-refractivity contribution in [1.29, 1.82) is 0 Å². The molecule has 22 heteroatoms. The Morgan fingerprint density at radius 3 is 1.67 bits per heavy atom. The lowest BCUT2D eigenvalue weighted by Gasteiger charge is -2.45. The third-order valence-corrected chi connectivity index (χ3v) is 8.97. The van der Waals surface area contributed by atoms with Gasteiger partial charge in [0, 0.05) is 67.5 Å². The van der Waals surface area contributed by atoms with Gasteiger partial charge >= 0.3 is 47.8 Å². The van der Waals surface area contributed by atoms with E-state index in [-0.39, 0.29) is 33.8 Å². The van der Waals surface area contributed by atoms with E-state index in [1.165, 1.54) is 37.3 Å². The molecule has 2 fully saturated rings. The summed E-state index contributed by atoms with van der Waals surface area (Å²) in [7, 11) is 0. The van der Waals surface area contributed by atoms with Gasteiger partial charge in [-0.25, -0.2) is 0 Å². The molecule has 0 radical (unpaired) electrons. The van der Waals surface area contributed by atoms with Crippen molar-refractivity contribution in [2.45, 2.75) is 111 Å². The van der Waals surface area contributed by atoms with E-state index in [4.69, 9.17) is 61.3 Å². The molecular weight excluding hydrogens is 856 g/mol. The van der Waals surface area contributed by atoms with Crippen LogP contribution in [0.25, 0.3) is 22.1 Å². The van der Waals surface area contributed by atoms with E-state index in [0.717, 1.165) is 60.8 Å². The largest absolute Gasteiger partial charge is 0.463 e. The van der Waals surface area contributed by atoms with Gasteiger partial charge in [0.05, 0.1) is 18.8 Å². The van der Waals surface area contributed by atoms with E-state index in [1.54, 1.807) is 0 Å². The summed E-state index contributed by atoms with van der Waals surface area (Å²) in [6, 6.07) is 8.30. The van der Waals surface area contributed by atoms with Gasteiger partial charge in [0.25, 0.3) is 0 Å². The number of esters is 8. The Balaban J connectivity index is 1.55. The first-order valence-electron chi connectivity index (χ1n) is 19.4. The predicted octanol–water partition coefficient (Wildman–Crippen LogP) is 2.38. The fraction of sp³-hybridized carbons (Fsp3) is 0.452. The van der Waals surface area contributed by atoms with Crippen LogP contribution < -0.4 is 19.6 Å². The predicted molar refractivity (Wildman–Crippen MR) is 209 cm³/mol. The fourth-order valence-corrected chi connectivity index (χ4v) is 6.82. The number of carbonyl (C=O) groups is 8. The van der Waals surface area contributed by atoms with E-state index in [0.29, 0.717) is 5.56 Å². The number of benzene rings is 2. The van der Waals surface area contributed by atoms with Crippen molar-refractivity contribution in [2.75, 3.05) is 13.2 Å². The summed E-state index contributed by atoms with van der Waals surface area (Å²) in [5, 5.41) is -0.193. The Hall–Kier alpha value is -6.91. The quantitative estimate of drug-likeness (QED) is 0.128. The van der Waals surface area contributed by atoms with Gasteiger partial charge in [-0.3, -0.25) is 43.2 Å². The minimum Gasteiger partial charge on any atom is -0.463 e. The van der Waals surface area contributed by atoms with Crippen LogP contribution in [-0.2, 0) is 81.0 Å². The van der Waals surface area contributed by atoms with E-state index in [1.807, 2.05) is 0 Å². The summed E-state index contributed by atoms with van der Waals surface area (Å²) in [6.45, 7) is 7.55. The summed E-state index contributed by atoms with van der Waals surface area (Å²) < 4.78 is 73.2. The standard InChI is InChI=1S/C42H44O22/c1-18(43)55-27-11-9-26(10-12-27)29-15-52-30-13-28(14-31(56-19(2)44)34(30)35(29)51)63-42-40(62-25(8)50)38(60-23(6)48)36(58-21(4)46)33(64-42)17-54-41-39(61-24(7)49)37(59-22(5)47)32(16-53-41)57-20(3)45/h9-15,32-33,36-42H,16-17H2,1-8H3. The highest BCUT2D eigenvalue weighted by Gasteiger charge is 2.54. The Morgan fingerprint density at radius 2 is 1.11 bits per heavy atom. The van der Waals surface area contributed by atoms with Gasteiger partial charge in [-0.1, -0.05) is 12.1 Å². The van der Waals surface area contributed by atoms with E-state index < -0.39 is 122 Å². The molecule has 5 rings (SSSR count). The second-order valence-electron chi connectivity index (χ2n) is 14.2. The van der Waals surface area contributed by atoms with Crippen LogP contribution in [0.5, 0.6) is 17.2 Å². The number of ether oxygens (including phenoxy) is 12. The van der Waals surface area contributed by atoms with E-state index in [9.17, 15) is 43.2 Å². The van der Waals surface area contributed by atoms with Crippen LogP contribution in [0.2, 0.25) is 0 Å². The number of hydrogen-bond donors (Lipinski definition) is 0. The molecule has 0 saturated carbocycles. The molecule has 0 bridgehead atoms. The molecule has 0 aliphatic carbocycles. The zero-order chi connectivity index (χ0) is 47.0. The highest BCUT2D eigenvalue weighted by Crippen LogP contribution is 2.36. The van der Waals surface area contributed by atoms with Gasteiger partial charge in [-0.05, 0) is 17.7 Å². The average molecular weight is 901 g/mol. The highest BCUT2D eigenvalue weighted by molar-refractivity contribution is 5.90. The maximum atomic E-state index is 14.0. The van der Waals surface area contributed by atoms with Crippen molar-refractivity contribution in [3.63, 3.8) is 0 Å². The van der Waals surface area contributed by atoms with Crippen molar-refractivity contribution < 1.29 is 99.6 Å². The second kappa shape index (κ2) is 21.0. The molecule has 344 valence electrons. The van der Waals surface area contributed by atoms with Crippen LogP contribution in [0.1, 0.15) is 55.4 Å². The van der Waals surface area contributed by atoms with Crippen molar-refractivity contribution in [3.8, 4) is 28.4 Å². The minimum atomic E-state index is -1.78. The third-order valence-electron chi connectivity index (χ3n) is 8.97. The molecule has 2 aromatic carbocycles. The Labute approximate surface area is 363 Å². The molecule has 22 nitrogen and oxygen atoms in total. The molecule has 9 atom stereocenters. The molecule has 2 aliphatic rings. The molecule has 2 aliphatic heterocycles. The summed E-state index contributed by atoms with van der Waals surface area (Å²) in [6.07, 6.45) is -12.9. The first-order chi connectivity index (χ1) is 30.2. The minimum absolute atomic E-state index is 0.0389. The summed E-state index contributed by atoms with van der Waals surface area (Å²) in [4.78, 5) is 112. The molecule has 3 aromatic rings. The lowest BCUT2D eigenvalue weighted by molar-refractivity contribution is -0.313. The molecular formula is C42H44O22. The summed E-state index contributed by atoms with van der Waals surface area (Å²) >= 11 is 0. The van der Waals surface area contributed by atoms with Crippen molar-refractivity contribution in [3.05, 3.63) is 52.9 Å². The normalized spacial score (nSPS) is 24.0. The van der Waals surface area contributed by atoms with Gasteiger partial charge in [0.1, 0.15) is 40.6 Å². The molecule has 64 heavy (non-hydrogen) atoms. The zero-order valence-electron chi connectivity index (χ0n) is 35.6. The van der Waals surface area contributed by atoms with Crippen LogP contribution in [0.4, 0.5) is 0 Å². The van der Waals surface area contributed by atoms with E-state index in [2.05, 4.69) is 0 Å². The van der Waals surface area contributed by atoms with Gasteiger partial charge < -0.3 is 61.3 Å². The van der Waals surface area contributed by atoms with Crippen molar-refractivity contribution in [2.24, 2.45) is 0 Å².